The quantitative estimate of drug-likeness (QED) is 0.823. The number of amides is 2. The SMILES string of the molecule is CC(=O)N1CCC(C(=O)N2CCCC(C)(C(=O)O)C2)CC1. The molecule has 0 saturated carbocycles. The smallest absolute Gasteiger partial charge is 0.311 e. The maximum absolute atomic E-state index is 12.6. The van der Waals surface area contributed by atoms with Gasteiger partial charge in [0.1, 0.15) is 0 Å². The fourth-order valence-corrected chi connectivity index (χ4v) is 3.30. The first-order chi connectivity index (χ1) is 9.83. The average Bonchev–Trinajstić information content (AvgIpc) is 2.46. The second-order valence-electron chi connectivity index (χ2n) is 6.51. The summed E-state index contributed by atoms with van der Waals surface area (Å²) in [6.45, 7) is 5.45. The van der Waals surface area contributed by atoms with E-state index < -0.39 is 11.4 Å². The van der Waals surface area contributed by atoms with Gasteiger partial charge in [0.25, 0.3) is 0 Å². The average molecular weight is 296 g/mol. The third-order valence-electron chi connectivity index (χ3n) is 4.81. The number of likely N-dealkylation sites (tertiary alicyclic amines) is 2. The molecule has 2 aliphatic rings. The molecule has 1 N–H and O–H groups in total. The highest BCUT2D eigenvalue weighted by atomic mass is 16.4. The summed E-state index contributed by atoms with van der Waals surface area (Å²) in [5, 5.41) is 9.32. The predicted octanol–water partition coefficient (Wildman–Crippen LogP) is 0.958. The number of hydrogen-bond acceptors (Lipinski definition) is 3. The van der Waals surface area contributed by atoms with Crippen LogP contribution in [0.3, 0.4) is 0 Å². The molecule has 2 fully saturated rings. The summed E-state index contributed by atoms with van der Waals surface area (Å²) in [7, 11) is 0. The van der Waals surface area contributed by atoms with Crippen molar-refractivity contribution in [1.29, 1.82) is 0 Å². The molecule has 6 nitrogen and oxygen atoms in total. The molecular weight excluding hydrogens is 272 g/mol. The van der Waals surface area contributed by atoms with E-state index in [4.69, 9.17) is 0 Å². The number of piperidine rings is 2. The molecule has 2 aliphatic heterocycles. The summed E-state index contributed by atoms with van der Waals surface area (Å²) in [5.41, 5.74) is -0.825. The van der Waals surface area contributed by atoms with E-state index in [0.717, 1.165) is 6.42 Å². The highest BCUT2D eigenvalue weighted by molar-refractivity contribution is 5.81. The molecule has 118 valence electrons. The Bertz CT molecular complexity index is 443. The number of hydrogen-bond donors (Lipinski definition) is 1. The lowest BCUT2D eigenvalue weighted by atomic mass is 9.81. The van der Waals surface area contributed by atoms with Crippen LogP contribution in [0.5, 0.6) is 0 Å². The molecule has 0 bridgehead atoms. The zero-order chi connectivity index (χ0) is 15.6. The lowest BCUT2D eigenvalue weighted by molar-refractivity contribution is -0.155. The van der Waals surface area contributed by atoms with Crippen molar-refractivity contribution in [2.24, 2.45) is 11.3 Å². The van der Waals surface area contributed by atoms with Crippen LogP contribution in [0.15, 0.2) is 0 Å². The molecule has 2 amide bonds. The molecule has 1 atom stereocenters. The molecule has 0 spiro atoms. The van der Waals surface area contributed by atoms with Crippen molar-refractivity contribution in [3.05, 3.63) is 0 Å². The molecule has 0 radical (unpaired) electrons. The number of carboxylic acids is 1. The first-order valence-electron chi connectivity index (χ1n) is 7.61. The van der Waals surface area contributed by atoms with Crippen LogP contribution in [0.1, 0.15) is 39.5 Å². The van der Waals surface area contributed by atoms with Gasteiger partial charge in [0.2, 0.25) is 11.8 Å². The molecular formula is C15H24N2O4. The summed E-state index contributed by atoms with van der Waals surface area (Å²) in [5.74, 6) is -0.786. The number of aliphatic carboxylic acids is 1. The second kappa shape index (κ2) is 6.03. The van der Waals surface area contributed by atoms with E-state index in [2.05, 4.69) is 0 Å². The molecule has 0 aromatic rings. The van der Waals surface area contributed by atoms with E-state index in [1.807, 2.05) is 0 Å². The highest BCUT2D eigenvalue weighted by Gasteiger charge is 2.41. The number of carboxylic acid groups (broad SMARTS) is 1. The van der Waals surface area contributed by atoms with Crippen LogP contribution < -0.4 is 0 Å². The van der Waals surface area contributed by atoms with Gasteiger partial charge in [-0.05, 0) is 32.6 Å². The van der Waals surface area contributed by atoms with E-state index in [9.17, 15) is 19.5 Å². The third-order valence-corrected chi connectivity index (χ3v) is 4.81. The largest absolute Gasteiger partial charge is 0.481 e. The molecule has 2 saturated heterocycles. The number of rotatable bonds is 2. The van der Waals surface area contributed by atoms with E-state index in [0.29, 0.717) is 45.4 Å². The minimum atomic E-state index is -0.827. The number of carbonyl (C=O) groups excluding carboxylic acids is 2. The minimum Gasteiger partial charge on any atom is -0.481 e. The molecule has 0 aliphatic carbocycles. The second-order valence-corrected chi connectivity index (χ2v) is 6.51. The monoisotopic (exact) mass is 296 g/mol. The number of carbonyl (C=O) groups is 3. The third kappa shape index (κ3) is 3.36. The predicted molar refractivity (Wildman–Crippen MR) is 76.5 cm³/mol. The molecule has 0 aromatic heterocycles. The van der Waals surface area contributed by atoms with Gasteiger partial charge in [0.15, 0.2) is 0 Å². The fraction of sp³-hybridized carbons (Fsp3) is 0.800. The maximum Gasteiger partial charge on any atom is 0.311 e. The molecule has 0 aromatic carbocycles. The van der Waals surface area contributed by atoms with Crippen LogP contribution in [0.25, 0.3) is 0 Å². The van der Waals surface area contributed by atoms with Gasteiger partial charge < -0.3 is 14.9 Å². The van der Waals surface area contributed by atoms with Crippen LogP contribution in [-0.4, -0.2) is 58.9 Å². The van der Waals surface area contributed by atoms with Crippen LogP contribution in [0.4, 0.5) is 0 Å². The van der Waals surface area contributed by atoms with Crippen molar-refractivity contribution in [3.63, 3.8) is 0 Å². The van der Waals surface area contributed by atoms with Gasteiger partial charge in [-0.2, -0.15) is 0 Å². The van der Waals surface area contributed by atoms with Crippen molar-refractivity contribution < 1.29 is 19.5 Å². The van der Waals surface area contributed by atoms with Gasteiger partial charge >= 0.3 is 5.97 Å². The summed E-state index contributed by atoms with van der Waals surface area (Å²) < 4.78 is 0. The summed E-state index contributed by atoms with van der Waals surface area (Å²) in [6, 6.07) is 0. The lowest BCUT2D eigenvalue weighted by Gasteiger charge is -2.40. The Morgan fingerprint density at radius 3 is 2.24 bits per heavy atom. The molecule has 1 unspecified atom stereocenters. The van der Waals surface area contributed by atoms with Crippen LogP contribution in [0.2, 0.25) is 0 Å². The Balaban J connectivity index is 1.95. The first-order valence-corrected chi connectivity index (χ1v) is 7.61. The fourth-order valence-electron chi connectivity index (χ4n) is 3.30. The van der Waals surface area contributed by atoms with E-state index in [-0.39, 0.29) is 17.7 Å². The maximum atomic E-state index is 12.6. The Labute approximate surface area is 125 Å². The summed E-state index contributed by atoms with van der Waals surface area (Å²) in [4.78, 5) is 38.7. The Hall–Kier alpha value is -1.59. The van der Waals surface area contributed by atoms with Gasteiger partial charge in [-0.15, -0.1) is 0 Å². The summed E-state index contributed by atoms with van der Waals surface area (Å²) in [6.07, 6.45) is 2.72. The van der Waals surface area contributed by atoms with E-state index in [1.54, 1.807) is 23.6 Å². The van der Waals surface area contributed by atoms with Crippen LogP contribution in [0, 0.1) is 11.3 Å². The van der Waals surface area contributed by atoms with Gasteiger partial charge in [0.05, 0.1) is 5.41 Å². The lowest BCUT2D eigenvalue weighted by Crippen LogP contribution is -2.51. The van der Waals surface area contributed by atoms with Gasteiger partial charge in [-0.3, -0.25) is 14.4 Å². The van der Waals surface area contributed by atoms with Gasteiger partial charge in [0, 0.05) is 39.0 Å². The van der Waals surface area contributed by atoms with Gasteiger partial charge in [-0.1, -0.05) is 0 Å². The van der Waals surface area contributed by atoms with Crippen molar-refractivity contribution in [3.8, 4) is 0 Å². The number of nitrogens with zero attached hydrogens (tertiary/aromatic N) is 2. The standard InChI is InChI=1S/C15H24N2O4/c1-11(18)16-8-4-12(5-9-16)13(19)17-7-3-6-15(2,10-17)14(20)21/h12H,3-10H2,1-2H3,(H,20,21). The zero-order valence-corrected chi connectivity index (χ0v) is 12.8. The van der Waals surface area contributed by atoms with E-state index in [1.165, 1.54) is 0 Å². The van der Waals surface area contributed by atoms with Crippen molar-refractivity contribution in [2.45, 2.75) is 39.5 Å². The molecule has 6 heteroatoms. The molecule has 2 heterocycles. The Kier molecular flexibility index (Phi) is 4.54. The first kappa shape index (κ1) is 15.8. The zero-order valence-electron chi connectivity index (χ0n) is 12.8. The minimum absolute atomic E-state index is 0.0531. The Morgan fingerprint density at radius 2 is 1.71 bits per heavy atom. The van der Waals surface area contributed by atoms with Crippen LogP contribution >= 0.6 is 0 Å². The summed E-state index contributed by atoms with van der Waals surface area (Å²) >= 11 is 0. The highest BCUT2D eigenvalue weighted by Crippen LogP contribution is 2.31. The van der Waals surface area contributed by atoms with Crippen molar-refractivity contribution in [2.75, 3.05) is 26.2 Å². The molecule has 2 rings (SSSR count). The normalized spacial score (nSPS) is 27.5. The van der Waals surface area contributed by atoms with Crippen molar-refractivity contribution in [1.82, 2.24) is 9.80 Å². The van der Waals surface area contributed by atoms with Crippen LogP contribution in [-0.2, 0) is 14.4 Å². The topological polar surface area (TPSA) is 77.9 Å². The van der Waals surface area contributed by atoms with E-state index >= 15 is 0 Å². The van der Waals surface area contributed by atoms with Crippen molar-refractivity contribution >= 4 is 17.8 Å². The Morgan fingerprint density at radius 1 is 1.10 bits per heavy atom. The van der Waals surface area contributed by atoms with Gasteiger partial charge in [-0.25, -0.2) is 0 Å². The molecule has 21 heavy (non-hydrogen) atoms.